The number of aromatic nitrogens is 1. The summed E-state index contributed by atoms with van der Waals surface area (Å²) in [7, 11) is 0. The zero-order chi connectivity index (χ0) is 12.3. The number of hydrogen-bond donors (Lipinski definition) is 1. The van der Waals surface area contributed by atoms with Gasteiger partial charge in [-0.1, -0.05) is 13.8 Å². The van der Waals surface area contributed by atoms with Crippen molar-refractivity contribution < 1.29 is 0 Å². The topological polar surface area (TPSA) is 42.2 Å². The molecule has 17 heavy (non-hydrogen) atoms. The average molecular weight is 233 g/mol. The van der Waals surface area contributed by atoms with E-state index < -0.39 is 0 Å². The van der Waals surface area contributed by atoms with Crippen LogP contribution in [0.4, 0.5) is 5.69 Å². The lowest BCUT2D eigenvalue weighted by molar-refractivity contribution is 0.301. The standard InChI is InChI=1S/C14H23N3/c1-3-14(4-2)6-8-17(11-14)13-10-16-7-5-12(13)9-15/h5,7,10H,3-4,6,8-9,11,15H2,1-2H3. The first-order chi connectivity index (χ1) is 8.24. The molecule has 1 aliphatic rings. The fourth-order valence-corrected chi connectivity index (χ4v) is 2.84. The van der Waals surface area contributed by atoms with E-state index in [0.29, 0.717) is 12.0 Å². The molecule has 1 aromatic heterocycles. The van der Waals surface area contributed by atoms with Gasteiger partial charge in [-0.3, -0.25) is 4.98 Å². The maximum absolute atomic E-state index is 5.80. The van der Waals surface area contributed by atoms with E-state index in [4.69, 9.17) is 5.73 Å². The van der Waals surface area contributed by atoms with Gasteiger partial charge in [-0.05, 0) is 36.3 Å². The van der Waals surface area contributed by atoms with Gasteiger partial charge in [0.2, 0.25) is 0 Å². The van der Waals surface area contributed by atoms with Crippen molar-refractivity contribution in [2.75, 3.05) is 18.0 Å². The van der Waals surface area contributed by atoms with Crippen molar-refractivity contribution >= 4 is 5.69 Å². The van der Waals surface area contributed by atoms with Crippen LogP contribution in [-0.4, -0.2) is 18.1 Å². The molecule has 0 bridgehead atoms. The van der Waals surface area contributed by atoms with Gasteiger partial charge >= 0.3 is 0 Å². The van der Waals surface area contributed by atoms with Gasteiger partial charge in [0.1, 0.15) is 0 Å². The van der Waals surface area contributed by atoms with Crippen LogP contribution in [0.2, 0.25) is 0 Å². The van der Waals surface area contributed by atoms with Gasteiger partial charge in [0.25, 0.3) is 0 Å². The summed E-state index contributed by atoms with van der Waals surface area (Å²) < 4.78 is 0. The Labute approximate surface area is 104 Å². The Morgan fingerprint density at radius 1 is 1.41 bits per heavy atom. The first-order valence-electron chi connectivity index (χ1n) is 6.62. The van der Waals surface area contributed by atoms with E-state index in [1.54, 1.807) is 0 Å². The highest BCUT2D eigenvalue weighted by atomic mass is 15.2. The van der Waals surface area contributed by atoms with E-state index in [1.165, 1.54) is 30.5 Å². The number of nitrogens with zero attached hydrogens (tertiary/aromatic N) is 2. The molecular weight excluding hydrogens is 210 g/mol. The number of hydrogen-bond acceptors (Lipinski definition) is 3. The molecule has 1 aliphatic heterocycles. The van der Waals surface area contributed by atoms with E-state index in [9.17, 15) is 0 Å². The highest BCUT2D eigenvalue weighted by Crippen LogP contribution is 2.39. The van der Waals surface area contributed by atoms with Gasteiger partial charge in [0.15, 0.2) is 0 Å². The molecule has 3 nitrogen and oxygen atoms in total. The molecule has 3 heteroatoms. The van der Waals surface area contributed by atoms with Gasteiger partial charge in [-0.25, -0.2) is 0 Å². The van der Waals surface area contributed by atoms with Gasteiger partial charge < -0.3 is 10.6 Å². The van der Waals surface area contributed by atoms with E-state index in [2.05, 4.69) is 23.7 Å². The molecule has 0 radical (unpaired) electrons. The smallest absolute Gasteiger partial charge is 0.0598 e. The summed E-state index contributed by atoms with van der Waals surface area (Å²) >= 11 is 0. The molecular formula is C14H23N3. The van der Waals surface area contributed by atoms with Crippen molar-refractivity contribution in [3.63, 3.8) is 0 Å². The van der Waals surface area contributed by atoms with E-state index in [0.717, 1.165) is 13.1 Å². The monoisotopic (exact) mass is 233 g/mol. The second kappa shape index (κ2) is 5.05. The predicted octanol–water partition coefficient (Wildman–Crippen LogP) is 2.56. The fourth-order valence-electron chi connectivity index (χ4n) is 2.84. The van der Waals surface area contributed by atoms with Crippen LogP contribution in [0.1, 0.15) is 38.7 Å². The highest BCUT2D eigenvalue weighted by Gasteiger charge is 2.35. The first kappa shape index (κ1) is 12.4. The summed E-state index contributed by atoms with van der Waals surface area (Å²) in [6.45, 7) is 7.50. The third-order valence-electron chi connectivity index (χ3n) is 4.39. The molecule has 0 atom stereocenters. The van der Waals surface area contributed by atoms with Crippen LogP contribution in [0.25, 0.3) is 0 Å². The molecule has 1 fully saturated rings. The Morgan fingerprint density at radius 2 is 2.18 bits per heavy atom. The second-order valence-electron chi connectivity index (χ2n) is 5.09. The van der Waals surface area contributed by atoms with Gasteiger partial charge in [0.05, 0.1) is 11.9 Å². The van der Waals surface area contributed by atoms with Crippen molar-refractivity contribution in [2.24, 2.45) is 11.1 Å². The first-order valence-corrected chi connectivity index (χ1v) is 6.62. The average Bonchev–Trinajstić information content (AvgIpc) is 2.83. The Morgan fingerprint density at radius 3 is 2.76 bits per heavy atom. The molecule has 2 heterocycles. The minimum Gasteiger partial charge on any atom is -0.369 e. The number of anilines is 1. The van der Waals surface area contributed by atoms with E-state index in [1.807, 2.05) is 18.5 Å². The molecule has 1 saturated heterocycles. The van der Waals surface area contributed by atoms with Crippen molar-refractivity contribution in [2.45, 2.75) is 39.7 Å². The third-order valence-corrected chi connectivity index (χ3v) is 4.39. The molecule has 2 N–H and O–H groups in total. The zero-order valence-corrected chi connectivity index (χ0v) is 10.9. The molecule has 2 rings (SSSR count). The van der Waals surface area contributed by atoms with Gasteiger partial charge in [-0.2, -0.15) is 0 Å². The van der Waals surface area contributed by atoms with Crippen LogP contribution in [-0.2, 0) is 6.54 Å². The summed E-state index contributed by atoms with van der Waals surface area (Å²) in [6.07, 6.45) is 7.60. The molecule has 0 amide bonds. The largest absolute Gasteiger partial charge is 0.369 e. The Bertz CT molecular complexity index is 371. The van der Waals surface area contributed by atoms with Crippen molar-refractivity contribution in [1.82, 2.24) is 4.98 Å². The van der Waals surface area contributed by atoms with E-state index >= 15 is 0 Å². The summed E-state index contributed by atoms with van der Waals surface area (Å²) in [5.41, 5.74) is 8.74. The van der Waals surface area contributed by atoms with Gasteiger partial charge in [-0.15, -0.1) is 0 Å². The quantitative estimate of drug-likeness (QED) is 0.869. The van der Waals surface area contributed by atoms with E-state index in [-0.39, 0.29) is 0 Å². The Balaban J connectivity index is 2.20. The van der Waals surface area contributed by atoms with Crippen LogP contribution in [0.3, 0.4) is 0 Å². The van der Waals surface area contributed by atoms with Crippen LogP contribution in [0.5, 0.6) is 0 Å². The van der Waals surface area contributed by atoms with Crippen molar-refractivity contribution in [3.8, 4) is 0 Å². The lowest BCUT2D eigenvalue weighted by atomic mass is 9.82. The fraction of sp³-hybridized carbons (Fsp3) is 0.643. The summed E-state index contributed by atoms with van der Waals surface area (Å²) in [4.78, 5) is 6.70. The number of rotatable bonds is 4. The van der Waals surface area contributed by atoms with Gasteiger partial charge in [0, 0.05) is 25.8 Å². The molecule has 0 aromatic carbocycles. The second-order valence-corrected chi connectivity index (χ2v) is 5.09. The van der Waals surface area contributed by atoms with Crippen LogP contribution in [0, 0.1) is 5.41 Å². The molecule has 94 valence electrons. The van der Waals surface area contributed by atoms with Crippen LogP contribution in [0.15, 0.2) is 18.5 Å². The molecule has 0 unspecified atom stereocenters. The number of pyridine rings is 1. The van der Waals surface area contributed by atoms with Crippen molar-refractivity contribution in [3.05, 3.63) is 24.0 Å². The normalized spacial score (nSPS) is 18.6. The minimum atomic E-state index is 0.502. The zero-order valence-electron chi connectivity index (χ0n) is 10.9. The third kappa shape index (κ3) is 2.29. The maximum Gasteiger partial charge on any atom is 0.0598 e. The minimum absolute atomic E-state index is 0.502. The lowest BCUT2D eigenvalue weighted by Crippen LogP contribution is -2.27. The maximum atomic E-state index is 5.80. The Kier molecular flexibility index (Phi) is 3.67. The molecule has 1 aromatic rings. The molecule has 0 aliphatic carbocycles. The highest BCUT2D eigenvalue weighted by molar-refractivity contribution is 5.52. The SMILES string of the molecule is CCC1(CC)CCN(c2cnccc2CN)C1. The summed E-state index contributed by atoms with van der Waals surface area (Å²) in [6, 6.07) is 2.03. The van der Waals surface area contributed by atoms with Crippen LogP contribution >= 0.6 is 0 Å². The van der Waals surface area contributed by atoms with Crippen LogP contribution < -0.4 is 10.6 Å². The summed E-state index contributed by atoms with van der Waals surface area (Å²) in [5, 5.41) is 0. The Hall–Kier alpha value is -1.09. The van der Waals surface area contributed by atoms with Crippen molar-refractivity contribution in [1.29, 1.82) is 0 Å². The summed E-state index contributed by atoms with van der Waals surface area (Å²) in [5.74, 6) is 0. The predicted molar refractivity (Wildman–Crippen MR) is 72.0 cm³/mol. The molecule has 0 spiro atoms. The molecule has 0 saturated carbocycles. The number of nitrogens with two attached hydrogens (primary N) is 1. The lowest BCUT2D eigenvalue weighted by Gasteiger charge is -2.27.